The summed E-state index contributed by atoms with van der Waals surface area (Å²) in [6, 6.07) is 7.81. The Bertz CT molecular complexity index is 751. The lowest BCUT2D eigenvalue weighted by molar-refractivity contribution is -0.137. The van der Waals surface area contributed by atoms with E-state index in [1.807, 2.05) is 0 Å². The van der Waals surface area contributed by atoms with Crippen LogP contribution in [0, 0.1) is 0 Å². The van der Waals surface area contributed by atoms with Gasteiger partial charge in [0, 0.05) is 0 Å². The number of hydrazone groups is 1. The van der Waals surface area contributed by atoms with Gasteiger partial charge in [-0.1, -0.05) is 17.7 Å². The Labute approximate surface area is 140 Å². The van der Waals surface area contributed by atoms with Crippen molar-refractivity contribution in [3.05, 3.63) is 58.4 Å². The first-order valence-corrected chi connectivity index (χ1v) is 6.93. The molecule has 10 heteroatoms. The van der Waals surface area contributed by atoms with Crippen LogP contribution in [-0.2, 0) is 12.8 Å². The Morgan fingerprint density at radius 1 is 1.29 bits per heavy atom. The quantitative estimate of drug-likeness (QED) is 0.337. The minimum Gasteiger partial charge on any atom is -0.486 e. The van der Waals surface area contributed by atoms with Gasteiger partial charge in [0.05, 0.1) is 16.3 Å². The number of amidine groups is 1. The number of hydrazine groups is 1. The third-order valence-electron chi connectivity index (χ3n) is 2.95. The van der Waals surface area contributed by atoms with E-state index < -0.39 is 11.7 Å². The van der Waals surface area contributed by atoms with E-state index in [9.17, 15) is 13.2 Å². The molecule has 0 amide bonds. The van der Waals surface area contributed by atoms with Crippen LogP contribution in [-0.4, -0.2) is 10.8 Å². The second kappa shape index (κ2) is 7.37. The van der Waals surface area contributed by atoms with Crippen molar-refractivity contribution >= 4 is 17.4 Å². The third kappa shape index (κ3) is 4.27. The van der Waals surface area contributed by atoms with E-state index in [-0.39, 0.29) is 23.2 Å². The van der Waals surface area contributed by atoms with E-state index in [0.29, 0.717) is 11.4 Å². The van der Waals surface area contributed by atoms with Gasteiger partial charge in [-0.05, 0) is 30.3 Å². The highest BCUT2D eigenvalue weighted by molar-refractivity contribution is 6.32. The highest BCUT2D eigenvalue weighted by Crippen LogP contribution is 2.34. The molecule has 0 spiro atoms. The van der Waals surface area contributed by atoms with Crippen molar-refractivity contribution in [2.75, 3.05) is 0 Å². The number of hydrogen-bond donors (Lipinski definition) is 3. The average molecular weight is 360 g/mol. The van der Waals surface area contributed by atoms with E-state index in [0.717, 1.165) is 18.2 Å². The first-order chi connectivity index (χ1) is 11.3. The number of nitrogens with zero attached hydrogens (tertiary/aromatic N) is 2. The van der Waals surface area contributed by atoms with Crippen molar-refractivity contribution in [1.82, 2.24) is 10.4 Å². The molecule has 24 heavy (non-hydrogen) atoms. The number of rotatable bonds is 4. The number of aromatic nitrogens is 1. The van der Waals surface area contributed by atoms with Gasteiger partial charge in [-0.3, -0.25) is 0 Å². The van der Waals surface area contributed by atoms with Crippen LogP contribution >= 0.6 is 11.6 Å². The fourth-order valence-electron chi connectivity index (χ4n) is 1.82. The van der Waals surface area contributed by atoms with Gasteiger partial charge >= 0.3 is 6.18 Å². The number of nitrogens with one attached hydrogen (secondary N) is 1. The largest absolute Gasteiger partial charge is 0.486 e. The summed E-state index contributed by atoms with van der Waals surface area (Å²) in [4.78, 5) is 4.21. The number of nitrogens with two attached hydrogens (primary N) is 2. The maximum absolute atomic E-state index is 12.6. The summed E-state index contributed by atoms with van der Waals surface area (Å²) in [5, 5.41) is 3.29. The van der Waals surface area contributed by atoms with E-state index >= 15 is 0 Å². The van der Waals surface area contributed by atoms with E-state index in [1.54, 1.807) is 18.2 Å². The van der Waals surface area contributed by atoms with E-state index in [2.05, 4.69) is 15.5 Å². The summed E-state index contributed by atoms with van der Waals surface area (Å²) in [5.74, 6) is 10.7. The van der Waals surface area contributed by atoms with Gasteiger partial charge in [0.15, 0.2) is 5.84 Å². The molecule has 1 aromatic carbocycles. The Hall–Kier alpha value is -2.52. The summed E-state index contributed by atoms with van der Waals surface area (Å²) in [6.07, 6.45) is -4.47. The number of ether oxygens (including phenoxy) is 1. The van der Waals surface area contributed by atoms with Crippen molar-refractivity contribution in [2.45, 2.75) is 12.8 Å². The van der Waals surface area contributed by atoms with Crippen molar-refractivity contribution < 1.29 is 17.9 Å². The minimum atomic E-state index is -4.47. The molecule has 6 nitrogen and oxygen atoms in total. The molecule has 0 fully saturated rings. The normalized spacial score (nSPS) is 12.1. The lowest BCUT2D eigenvalue weighted by atomic mass is 10.2. The van der Waals surface area contributed by atoms with Gasteiger partial charge < -0.3 is 16.0 Å². The Morgan fingerprint density at radius 2 is 2.04 bits per heavy atom. The van der Waals surface area contributed by atoms with Gasteiger partial charge in [0.2, 0.25) is 0 Å². The molecular formula is C14H13ClF3N5O. The molecule has 1 aromatic heterocycles. The average Bonchev–Trinajstić information content (AvgIpc) is 2.54. The minimum absolute atomic E-state index is 0.0126. The fraction of sp³-hybridized carbons (Fsp3) is 0.143. The standard InChI is InChI=1S/C14H13ClF3N5O/c15-10-6-8(14(16,17)18)4-5-12(10)24-7-9-2-1-3-11(21-9)13(22-19)23-20/h1-6H,7,19-20H2,(H,22,23). The monoisotopic (exact) mass is 359 g/mol. The summed E-state index contributed by atoms with van der Waals surface area (Å²) < 4.78 is 43.2. The molecule has 0 aliphatic rings. The van der Waals surface area contributed by atoms with Crippen LogP contribution in [0.3, 0.4) is 0 Å². The topological polar surface area (TPSA) is 98.5 Å². The molecule has 0 saturated carbocycles. The van der Waals surface area contributed by atoms with Gasteiger partial charge in [0.1, 0.15) is 18.1 Å². The van der Waals surface area contributed by atoms with Crippen LogP contribution in [0.2, 0.25) is 5.02 Å². The maximum Gasteiger partial charge on any atom is 0.416 e. The molecule has 2 aromatic rings. The summed E-state index contributed by atoms with van der Waals surface area (Å²) in [6.45, 7) is -0.0126. The molecule has 0 atom stereocenters. The molecule has 0 unspecified atom stereocenters. The zero-order chi connectivity index (χ0) is 17.7. The number of halogens is 4. The fourth-order valence-corrected chi connectivity index (χ4v) is 2.05. The molecule has 0 bridgehead atoms. The lowest BCUT2D eigenvalue weighted by Crippen LogP contribution is -2.32. The Morgan fingerprint density at radius 3 is 2.62 bits per heavy atom. The summed E-state index contributed by atoms with van der Waals surface area (Å²) in [5.41, 5.74) is 2.32. The van der Waals surface area contributed by atoms with E-state index in [4.69, 9.17) is 28.0 Å². The third-order valence-corrected chi connectivity index (χ3v) is 3.25. The van der Waals surface area contributed by atoms with Gasteiger partial charge in [0.25, 0.3) is 0 Å². The Kier molecular flexibility index (Phi) is 5.47. The molecule has 128 valence electrons. The van der Waals surface area contributed by atoms with Crippen LogP contribution in [0.1, 0.15) is 17.0 Å². The van der Waals surface area contributed by atoms with Crippen molar-refractivity contribution in [3.63, 3.8) is 0 Å². The summed E-state index contributed by atoms with van der Waals surface area (Å²) >= 11 is 5.82. The zero-order valence-electron chi connectivity index (χ0n) is 12.1. The predicted octanol–water partition coefficient (Wildman–Crippen LogP) is 2.42. The molecule has 0 radical (unpaired) electrons. The van der Waals surface area contributed by atoms with Crippen LogP contribution in [0.25, 0.3) is 0 Å². The highest BCUT2D eigenvalue weighted by Gasteiger charge is 2.31. The SMILES string of the molecule is N/N=C(\NN)c1cccc(COc2ccc(C(F)(F)F)cc2Cl)n1. The molecule has 0 saturated heterocycles. The smallest absolute Gasteiger partial charge is 0.416 e. The second-order valence-electron chi connectivity index (χ2n) is 4.57. The molecule has 1 heterocycles. The first-order valence-electron chi connectivity index (χ1n) is 6.55. The van der Waals surface area contributed by atoms with Gasteiger partial charge in [-0.25, -0.2) is 10.8 Å². The van der Waals surface area contributed by atoms with E-state index in [1.165, 1.54) is 0 Å². The van der Waals surface area contributed by atoms with Crippen LogP contribution in [0.4, 0.5) is 13.2 Å². The van der Waals surface area contributed by atoms with Crippen molar-refractivity contribution in [1.29, 1.82) is 0 Å². The first kappa shape index (κ1) is 17.8. The Balaban J connectivity index is 2.13. The second-order valence-corrected chi connectivity index (χ2v) is 4.98. The predicted molar refractivity (Wildman–Crippen MR) is 83.1 cm³/mol. The molecule has 2 rings (SSSR count). The van der Waals surface area contributed by atoms with Crippen molar-refractivity contribution in [2.24, 2.45) is 16.8 Å². The summed E-state index contributed by atoms with van der Waals surface area (Å²) in [7, 11) is 0. The molecule has 5 N–H and O–H groups in total. The van der Waals surface area contributed by atoms with Crippen LogP contribution < -0.4 is 21.8 Å². The highest BCUT2D eigenvalue weighted by atomic mass is 35.5. The number of hydrogen-bond acceptors (Lipinski definition) is 5. The maximum atomic E-state index is 12.6. The number of benzene rings is 1. The molecular weight excluding hydrogens is 347 g/mol. The number of pyridine rings is 1. The molecule has 0 aliphatic carbocycles. The van der Waals surface area contributed by atoms with Gasteiger partial charge in [-0.15, -0.1) is 0 Å². The lowest BCUT2D eigenvalue weighted by Gasteiger charge is -2.11. The number of alkyl halides is 3. The van der Waals surface area contributed by atoms with Crippen LogP contribution in [0.5, 0.6) is 5.75 Å². The van der Waals surface area contributed by atoms with Gasteiger partial charge in [-0.2, -0.15) is 18.3 Å². The zero-order valence-corrected chi connectivity index (χ0v) is 12.9. The van der Waals surface area contributed by atoms with Crippen LogP contribution in [0.15, 0.2) is 41.5 Å². The molecule has 0 aliphatic heterocycles. The van der Waals surface area contributed by atoms with Crippen molar-refractivity contribution in [3.8, 4) is 5.75 Å².